The Bertz CT molecular complexity index is 766. The van der Waals surface area contributed by atoms with Crippen molar-refractivity contribution >= 4 is 59.2 Å². The molecule has 106 valence electrons. The van der Waals surface area contributed by atoms with Gasteiger partial charge in [-0.1, -0.05) is 17.7 Å². The first-order chi connectivity index (χ1) is 9.29. The number of rotatable bonds is 3. The highest BCUT2D eigenvalue weighted by Gasteiger charge is 2.18. The predicted octanol–water partition coefficient (Wildman–Crippen LogP) is 4.37. The summed E-state index contributed by atoms with van der Waals surface area (Å²) in [4.78, 5) is 4.03. The second-order valence-electron chi connectivity index (χ2n) is 4.04. The van der Waals surface area contributed by atoms with Crippen molar-refractivity contribution in [1.82, 2.24) is 4.98 Å². The highest BCUT2D eigenvalue weighted by atomic mass is 79.9. The maximum absolute atomic E-state index is 12.3. The molecule has 8 heteroatoms. The minimum Gasteiger partial charge on any atom is -0.278 e. The van der Waals surface area contributed by atoms with E-state index in [4.69, 9.17) is 11.6 Å². The fraction of sp³-hybridized carbons (Fsp3) is 0.0833. The quantitative estimate of drug-likeness (QED) is 0.721. The van der Waals surface area contributed by atoms with Crippen LogP contribution in [0.2, 0.25) is 5.15 Å². The summed E-state index contributed by atoms with van der Waals surface area (Å²) in [5, 5.41) is 0.268. The average Bonchev–Trinajstić information content (AvgIpc) is 2.33. The number of benzene rings is 1. The van der Waals surface area contributed by atoms with Crippen LogP contribution < -0.4 is 4.72 Å². The molecule has 4 nitrogen and oxygen atoms in total. The Morgan fingerprint density at radius 2 is 1.90 bits per heavy atom. The number of nitrogens with zero attached hydrogens (tertiary/aromatic N) is 1. The van der Waals surface area contributed by atoms with Crippen molar-refractivity contribution in [2.75, 3.05) is 4.72 Å². The Hall–Kier alpha value is -0.630. The molecule has 0 spiro atoms. The molecule has 1 heterocycles. The number of halogens is 3. The molecule has 0 unspecified atom stereocenters. The van der Waals surface area contributed by atoms with Gasteiger partial charge in [0.15, 0.2) is 0 Å². The molecule has 0 saturated carbocycles. The molecular weight excluding hydrogens is 431 g/mol. The number of aromatic nitrogens is 1. The SMILES string of the molecule is Cc1ccc(S(=O)(=O)Nc2cnc(Cl)c(Br)c2)c(Br)c1. The summed E-state index contributed by atoms with van der Waals surface area (Å²) in [7, 11) is -3.69. The molecule has 0 fully saturated rings. The number of hydrogen-bond donors (Lipinski definition) is 1. The molecule has 0 atom stereocenters. The van der Waals surface area contributed by atoms with Gasteiger partial charge in [-0.05, 0) is 62.5 Å². The highest BCUT2D eigenvalue weighted by molar-refractivity contribution is 9.10. The molecule has 0 saturated heterocycles. The number of nitrogens with one attached hydrogen (secondary N) is 1. The number of sulfonamides is 1. The van der Waals surface area contributed by atoms with Crippen molar-refractivity contribution in [3.8, 4) is 0 Å². The lowest BCUT2D eigenvalue weighted by atomic mass is 10.2. The predicted molar refractivity (Wildman–Crippen MR) is 86.6 cm³/mol. The maximum Gasteiger partial charge on any atom is 0.263 e. The fourth-order valence-corrected chi connectivity index (χ4v) is 4.19. The lowest BCUT2D eigenvalue weighted by Crippen LogP contribution is -2.13. The molecule has 0 aliphatic heterocycles. The van der Waals surface area contributed by atoms with Crippen LogP contribution in [0.4, 0.5) is 5.69 Å². The molecule has 2 rings (SSSR count). The van der Waals surface area contributed by atoms with Gasteiger partial charge in [-0.2, -0.15) is 0 Å². The summed E-state index contributed by atoms with van der Waals surface area (Å²) in [5.74, 6) is 0. The van der Waals surface area contributed by atoms with Gasteiger partial charge in [0.1, 0.15) is 10.0 Å². The van der Waals surface area contributed by atoms with Gasteiger partial charge < -0.3 is 0 Å². The maximum atomic E-state index is 12.3. The Kier molecular flexibility index (Phi) is 4.73. The van der Waals surface area contributed by atoms with Crippen LogP contribution in [0.15, 0.2) is 44.3 Å². The van der Waals surface area contributed by atoms with E-state index in [0.717, 1.165) is 5.56 Å². The van der Waals surface area contributed by atoms with Crippen molar-refractivity contribution in [2.24, 2.45) is 0 Å². The molecule has 20 heavy (non-hydrogen) atoms. The Morgan fingerprint density at radius 3 is 2.50 bits per heavy atom. The molecule has 1 aromatic heterocycles. The third kappa shape index (κ3) is 3.52. The summed E-state index contributed by atoms with van der Waals surface area (Å²) in [6, 6.07) is 6.56. The van der Waals surface area contributed by atoms with E-state index in [1.165, 1.54) is 6.20 Å². The van der Waals surface area contributed by atoms with Gasteiger partial charge in [0, 0.05) is 4.47 Å². The van der Waals surface area contributed by atoms with Crippen molar-refractivity contribution in [1.29, 1.82) is 0 Å². The highest BCUT2D eigenvalue weighted by Crippen LogP contribution is 2.27. The summed E-state index contributed by atoms with van der Waals surface area (Å²) in [6.45, 7) is 1.88. The van der Waals surface area contributed by atoms with Gasteiger partial charge in [-0.25, -0.2) is 13.4 Å². The molecular formula is C12H9Br2ClN2O2S. The average molecular weight is 441 g/mol. The minimum absolute atomic E-state index is 0.161. The van der Waals surface area contributed by atoms with Crippen LogP contribution in [-0.4, -0.2) is 13.4 Å². The van der Waals surface area contributed by atoms with Crippen molar-refractivity contribution < 1.29 is 8.42 Å². The molecule has 2 aromatic rings. The van der Waals surface area contributed by atoms with Crippen molar-refractivity contribution in [2.45, 2.75) is 11.8 Å². The van der Waals surface area contributed by atoms with E-state index >= 15 is 0 Å². The van der Waals surface area contributed by atoms with E-state index in [1.807, 2.05) is 6.92 Å². The second kappa shape index (κ2) is 6.01. The van der Waals surface area contributed by atoms with Crippen LogP contribution in [0, 0.1) is 6.92 Å². The van der Waals surface area contributed by atoms with Crippen LogP contribution in [0.1, 0.15) is 5.56 Å². The molecule has 0 aliphatic rings. The Labute approximate surface area is 138 Å². The van der Waals surface area contributed by atoms with Crippen LogP contribution >= 0.6 is 43.5 Å². The van der Waals surface area contributed by atoms with Gasteiger partial charge in [0.05, 0.1) is 16.4 Å². The first kappa shape index (κ1) is 15.8. The number of pyridine rings is 1. The molecule has 1 aromatic carbocycles. The summed E-state index contributed by atoms with van der Waals surface area (Å²) in [5.41, 5.74) is 1.29. The summed E-state index contributed by atoms with van der Waals surface area (Å²) < 4.78 is 28.1. The first-order valence-electron chi connectivity index (χ1n) is 5.39. The lowest BCUT2D eigenvalue weighted by molar-refractivity contribution is 0.600. The van der Waals surface area contributed by atoms with Crippen LogP contribution in [-0.2, 0) is 10.0 Å². The largest absolute Gasteiger partial charge is 0.278 e. The molecule has 0 bridgehead atoms. The van der Waals surface area contributed by atoms with Crippen molar-refractivity contribution in [3.63, 3.8) is 0 Å². The second-order valence-corrected chi connectivity index (χ2v) is 7.75. The topological polar surface area (TPSA) is 59.1 Å². The zero-order chi connectivity index (χ0) is 14.9. The normalized spacial score (nSPS) is 11.4. The zero-order valence-corrected chi connectivity index (χ0v) is 14.9. The standard InChI is InChI=1S/C12H9Br2ClN2O2S/c1-7-2-3-11(9(13)4-7)20(18,19)17-8-5-10(14)12(15)16-6-8/h2-6,17H,1H3. The third-order valence-electron chi connectivity index (χ3n) is 2.43. The Morgan fingerprint density at radius 1 is 1.20 bits per heavy atom. The zero-order valence-electron chi connectivity index (χ0n) is 10.2. The van der Waals surface area contributed by atoms with Crippen LogP contribution in [0.5, 0.6) is 0 Å². The number of aryl methyl sites for hydroxylation is 1. The first-order valence-corrected chi connectivity index (χ1v) is 8.84. The molecule has 0 amide bonds. The van der Waals surface area contributed by atoms with E-state index in [-0.39, 0.29) is 10.0 Å². The van der Waals surface area contributed by atoms with Gasteiger partial charge >= 0.3 is 0 Å². The van der Waals surface area contributed by atoms with Gasteiger partial charge in [-0.3, -0.25) is 4.72 Å². The van der Waals surface area contributed by atoms with E-state index < -0.39 is 10.0 Å². The van der Waals surface area contributed by atoms with E-state index in [1.54, 1.807) is 24.3 Å². The smallest absolute Gasteiger partial charge is 0.263 e. The monoisotopic (exact) mass is 438 g/mol. The lowest BCUT2D eigenvalue weighted by Gasteiger charge is -2.10. The van der Waals surface area contributed by atoms with Crippen molar-refractivity contribution in [3.05, 3.63) is 50.1 Å². The minimum atomic E-state index is -3.69. The number of anilines is 1. The summed E-state index contributed by atoms with van der Waals surface area (Å²) >= 11 is 12.2. The van der Waals surface area contributed by atoms with Crippen LogP contribution in [0.25, 0.3) is 0 Å². The molecule has 1 N–H and O–H groups in total. The van der Waals surface area contributed by atoms with Gasteiger partial charge in [-0.15, -0.1) is 0 Å². The number of hydrogen-bond acceptors (Lipinski definition) is 3. The fourth-order valence-electron chi connectivity index (χ4n) is 1.51. The van der Waals surface area contributed by atoms with Gasteiger partial charge in [0.2, 0.25) is 0 Å². The Balaban J connectivity index is 2.38. The van der Waals surface area contributed by atoms with E-state index in [9.17, 15) is 8.42 Å². The van der Waals surface area contributed by atoms with E-state index in [2.05, 4.69) is 41.6 Å². The molecule has 0 aliphatic carbocycles. The summed E-state index contributed by atoms with van der Waals surface area (Å²) in [6.07, 6.45) is 1.35. The van der Waals surface area contributed by atoms with E-state index in [0.29, 0.717) is 14.6 Å². The van der Waals surface area contributed by atoms with Gasteiger partial charge in [0.25, 0.3) is 10.0 Å². The third-order valence-corrected chi connectivity index (χ3v) is 5.92. The molecule has 0 radical (unpaired) electrons. The van der Waals surface area contributed by atoms with Crippen LogP contribution in [0.3, 0.4) is 0 Å².